The molecule has 3 heteroatoms. The zero-order valence-electron chi connectivity index (χ0n) is 12.5. The third kappa shape index (κ3) is 4.07. The van der Waals surface area contributed by atoms with E-state index in [1.54, 1.807) is 0 Å². The first-order valence-electron chi connectivity index (χ1n) is 7.70. The topological polar surface area (TPSA) is 55.1 Å². The zero-order chi connectivity index (χ0) is 14.4. The maximum Gasteiger partial charge on any atom is 0.251 e. The standard InChI is InChI=1S/C17H26N2O/c1-17(10-4-2-3-5-11-17)13-19-16(20)15-8-6-14(12-18)7-9-15/h6-9H,2-5,10-13,18H2,1H3,(H,19,20). The highest BCUT2D eigenvalue weighted by Crippen LogP contribution is 2.33. The van der Waals surface area contributed by atoms with E-state index in [9.17, 15) is 4.79 Å². The quantitative estimate of drug-likeness (QED) is 0.828. The highest BCUT2D eigenvalue weighted by Gasteiger charge is 2.26. The Labute approximate surface area is 121 Å². The van der Waals surface area contributed by atoms with Gasteiger partial charge in [0.2, 0.25) is 0 Å². The molecule has 0 radical (unpaired) electrons. The van der Waals surface area contributed by atoms with Gasteiger partial charge < -0.3 is 11.1 Å². The molecule has 0 aromatic heterocycles. The van der Waals surface area contributed by atoms with Gasteiger partial charge in [-0.25, -0.2) is 0 Å². The Morgan fingerprint density at radius 2 is 1.75 bits per heavy atom. The smallest absolute Gasteiger partial charge is 0.251 e. The molecule has 3 N–H and O–H groups in total. The van der Waals surface area contributed by atoms with Crippen LogP contribution < -0.4 is 11.1 Å². The number of benzene rings is 1. The minimum absolute atomic E-state index is 0.0269. The summed E-state index contributed by atoms with van der Waals surface area (Å²) in [5, 5.41) is 3.10. The summed E-state index contributed by atoms with van der Waals surface area (Å²) in [6.45, 7) is 3.60. The molecule has 1 aromatic rings. The maximum atomic E-state index is 12.2. The van der Waals surface area contributed by atoms with Crippen LogP contribution in [0.5, 0.6) is 0 Å². The highest BCUT2D eigenvalue weighted by molar-refractivity contribution is 5.94. The largest absolute Gasteiger partial charge is 0.351 e. The van der Waals surface area contributed by atoms with E-state index < -0.39 is 0 Å². The molecule has 0 atom stereocenters. The molecule has 110 valence electrons. The predicted octanol–water partition coefficient (Wildman–Crippen LogP) is 3.24. The van der Waals surface area contributed by atoms with Crippen LogP contribution in [0.25, 0.3) is 0 Å². The highest BCUT2D eigenvalue weighted by atomic mass is 16.1. The molecule has 3 nitrogen and oxygen atoms in total. The second kappa shape index (κ2) is 6.89. The lowest BCUT2D eigenvalue weighted by molar-refractivity contribution is 0.0928. The van der Waals surface area contributed by atoms with E-state index in [-0.39, 0.29) is 11.3 Å². The normalized spacial score (nSPS) is 18.3. The van der Waals surface area contributed by atoms with Crippen LogP contribution in [0.2, 0.25) is 0 Å². The second-order valence-corrected chi connectivity index (χ2v) is 6.31. The number of hydrogen-bond acceptors (Lipinski definition) is 2. The van der Waals surface area contributed by atoms with Gasteiger partial charge in [-0.15, -0.1) is 0 Å². The van der Waals surface area contributed by atoms with E-state index in [2.05, 4.69) is 12.2 Å². The molecule has 0 aliphatic heterocycles. The van der Waals surface area contributed by atoms with Crippen LogP contribution in [0.4, 0.5) is 0 Å². The zero-order valence-corrected chi connectivity index (χ0v) is 12.5. The molecule has 1 aliphatic carbocycles. The molecular weight excluding hydrogens is 248 g/mol. The van der Waals surface area contributed by atoms with E-state index in [4.69, 9.17) is 5.73 Å². The first-order chi connectivity index (χ1) is 9.63. The van der Waals surface area contributed by atoms with Crippen molar-refractivity contribution in [3.8, 4) is 0 Å². The van der Waals surface area contributed by atoms with Gasteiger partial charge in [-0.3, -0.25) is 4.79 Å². The Morgan fingerprint density at radius 3 is 2.30 bits per heavy atom. The summed E-state index contributed by atoms with van der Waals surface area (Å²) in [5.74, 6) is 0.0269. The Hall–Kier alpha value is -1.35. The van der Waals surface area contributed by atoms with Gasteiger partial charge in [0.15, 0.2) is 0 Å². The fourth-order valence-electron chi connectivity index (χ4n) is 2.95. The van der Waals surface area contributed by atoms with Crippen molar-refractivity contribution in [1.29, 1.82) is 0 Å². The molecular formula is C17H26N2O. The van der Waals surface area contributed by atoms with Crippen molar-refractivity contribution >= 4 is 5.91 Å². The molecule has 1 amide bonds. The lowest BCUT2D eigenvalue weighted by Gasteiger charge is -2.28. The molecule has 0 saturated heterocycles. The van der Waals surface area contributed by atoms with Crippen LogP contribution in [0.1, 0.15) is 61.4 Å². The van der Waals surface area contributed by atoms with Crippen molar-refractivity contribution in [2.75, 3.05) is 6.54 Å². The van der Waals surface area contributed by atoms with Crippen LogP contribution in [0, 0.1) is 5.41 Å². The average Bonchev–Trinajstić information content (AvgIpc) is 2.70. The van der Waals surface area contributed by atoms with Gasteiger partial charge in [0.1, 0.15) is 0 Å². The SMILES string of the molecule is CC1(CNC(=O)c2ccc(CN)cc2)CCCCCC1. The molecule has 20 heavy (non-hydrogen) atoms. The number of nitrogens with two attached hydrogens (primary N) is 1. The van der Waals surface area contributed by atoms with Crippen molar-refractivity contribution in [2.45, 2.75) is 52.0 Å². The first-order valence-corrected chi connectivity index (χ1v) is 7.70. The fraction of sp³-hybridized carbons (Fsp3) is 0.588. The molecule has 1 saturated carbocycles. The lowest BCUT2D eigenvalue weighted by Crippen LogP contribution is -2.35. The first kappa shape index (κ1) is 15.0. The minimum atomic E-state index is 0.0269. The van der Waals surface area contributed by atoms with Crippen molar-refractivity contribution in [3.05, 3.63) is 35.4 Å². The van der Waals surface area contributed by atoms with Crippen LogP contribution in [0.3, 0.4) is 0 Å². The molecule has 0 heterocycles. The number of rotatable bonds is 4. The fourth-order valence-corrected chi connectivity index (χ4v) is 2.95. The summed E-state index contributed by atoms with van der Waals surface area (Å²) < 4.78 is 0. The van der Waals surface area contributed by atoms with Crippen molar-refractivity contribution in [2.24, 2.45) is 11.1 Å². The molecule has 2 rings (SSSR count). The van der Waals surface area contributed by atoms with Crippen LogP contribution in [-0.4, -0.2) is 12.5 Å². The van der Waals surface area contributed by atoms with E-state index in [0.29, 0.717) is 6.54 Å². The van der Waals surface area contributed by atoms with Gasteiger partial charge in [0.05, 0.1) is 0 Å². The molecule has 1 fully saturated rings. The Balaban J connectivity index is 1.90. The Morgan fingerprint density at radius 1 is 1.15 bits per heavy atom. The van der Waals surface area contributed by atoms with Gasteiger partial charge in [-0.2, -0.15) is 0 Å². The van der Waals surface area contributed by atoms with E-state index in [1.807, 2.05) is 24.3 Å². The van der Waals surface area contributed by atoms with Gasteiger partial charge in [-0.05, 0) is 36.0 Å². The monoisotopic (exact) mass is 274 g/mol. The summed E-state index contributed by atoms with van der Waals surface area (Å²) >= 11 is 0. The van der Waals surface area contributed by atoms with Crippen LogP contribution in [-0.2, 0) is 6.54 Å². The number of carbonyl (C=O) groups is 1. The molecule has 1 aliphatic rings. The van der Waals surface area contributed by atoms with Crippen LogP contribution >= 0.6 is 0 Å². The van der Waals surface area contributed by atoms with Crippen molar-refractivity contribution in [1.82, 2.24) is 5.32 Å². The number of hydrogen-bond donors (Lipinski definition) is 2. The summed E-state index contributed by atoms with van der Waals surface area (Å²) in [7, 11) is 0. The third-order valence-electron chi connectivity index (χ3n) is 4.44. The summed E-state index contributed by atoms with van der Waals surface area (Å²) in [5.41, 5.74) is 7.61. The number of carbonyl (C=O) groups excluding carboxylic acids is 1. The van der Waals surface area contributed by atoms with E-state index in [1.165, 1.54) is 38.5 Å². The Bertz CT molecular complexity index is 431. The number of amides is 1. The number of nitrogens with one attached hydrogen (secondary N) is 1. The van der Waals surface area contributed by atoms with Crippen molar-refractivity contribution in [3.63, 3.8) is 0 Å². The maximum absolute atomic E-state index is 12.2. The average molecular weight is 274 g/mol. The van der Waals surface area contributed by atoms with Gasteiger partial charge in [-0.1, -0.05) is 44.7 Å². The van der Waals surface area contributed by atoms with Crippen molar-refractivity contribution < 1.29 is 4.79 Å². The van der Waals surface area contributed by atoms with Gasteiger partial charge >= 0.3 is 0 Å². The summed E-state index contributed by atoms with van der Waals surface area (Å²) in [4.78, 5) is 12.2. The van der Waals surface area contributed by atoms with Gasteiger partial charge in [0.25, 0.3) is 5.91 Å². The second-order valence-electron chi connectivity index (χ2n) is 6.31. The third-order valence-corrected chi connectivity index (χ3v) is 4.44. The molecule has 0 unspecified atom stereocenters. The predicted molar refractivity (Wildman–Crippen MR) is 82.5 cm³/mol. The summed E-state index contributed by atoms with van der Waals surface area (Å²) in [6.07, 6.45) is 7.70. The molecule has 1 aromatic carbocycles. The molecule has 0 bridgehead atoms. The molecule has 0 spiro atoms. The van der Waals surface area contributed by atoms with Gasteiger partial charge in [0, 0.05) is 18.7 Å². The summed E-state index contributed by atoms with van der Waals surface area (Å²) in [6, 6.07) is 7.55. The lowest BCUT2D eigenvalue weighted by atomic mass is 9.82. The van der Waals surface area contributed by atoms with E-state index >= 15 is 0 Å². The minimum Gasteiger partial charge on any atom is -0.351 e. The Kier molecular flexibility index (Phi) is 5.18. The van der Waals surface area contributed by atoms with Crippen LogP contribution in [0.15, 0.2) is 24.3 Å². The van der Waals surface area contributed by atoms with E-state index in [0.717, 1.165) is 17.7 Å².